The van der Waals surface area contributed by atoms with E-state index < -0.39 is 0 Å². The van der Waals surface area contributed by atoms with Crippen molar-refractivity contribution in [2.45, 2.75) is 25.9 Å². The van der Waals surface area contributed by atoms with Gasteiger partial charge in [0.2, 0.25) is 0 Å². The number of hydrogen-bond donors (Lipinski definition) is 1. The normalized spacial score (nSPS) is 13.5. The van der Waals surface area contributed by atoms with Crippen LogP contribution in [0.15, 0.2) is 17.5 Å². The fraction of sp³-hybridized carbons (Fsp3) is 0.600. The van der Waals surface area contributed by atoms with Crippen molar-refractivity contribution in [2.24, 2.45) is 5.73 Å². The molecule has 0 amide bonds. The Morgan fingerprint density at radius 1 is 1.62 bits per heavy atom. The van der Waals surface area contributed by atoms with Crippen molar-refractivity contribution in [2.75, 3.05) is 13.6 Å². The highest BCUT2D eigenvalue weighted by molar-refractivity contribution is 7.09. The van der Waals surface area contributed by atoms with Crippen LogP contribution in [0.2, 0.25) is 0 Å². The zero-order chi connectivity index (χ0) is 9.68. The van der Waals surface area contributed by atoms with Crippen LogP contribution >= 0.6 is 11.3 Å². The molecule has 1 aromatic heterocycles. The Hall–Kier alpha value is -0.380. The lowest BCUT2D eigenvalue weighted by molar-refractivity contribution is 0.235. The molecule has 2 N–H and O–H groups in total. The molecule has 0 aliphatic carbocycles. The quantitative estimate of drug-likeness (QED) is 0.783. The topological polar surface area (TPSA) is 29.3 Å². The number of likely N-dealkylation sites (N-methyl/N-ethyl adjacent to an activating group) is 1. The van der Waals surface area contributed by atoms with Gasteiger partial charge in [-0.05, 0) is 24.9 Å². The predicted molar refractivity (Wildman–Crippen MR) is 58.9 cm³/mol. The molecule has 1 rings (SSSR count). The van der Waals surface area contributed by atoms with Crippen LogP contribution in [-0.2, 0) is 6.54 Å². The molecule has 0 aliphatic heterocycles. The lowest BCUT2D eigenvalue weighted by Crippen LogP contribution is -2.36. The van der Waals surface area contributed by atoms with Gasteiger partial charge in [0.15, 0.2) is 0 Å². The Bertz CT molecular complexity index is 217. The smallest absolute Gasteiger partial charge is 0.0328 e. The third-order valence-corrected chi connectivity index (χ3v) is 3.21. The van der Waals surface area contributed by atoms with Gasteiger partial charge in [-0.3, -0.25) is 4.90 Å². The third-order valence-electron chi connectivity index (χ3n) is 2.35. The summed E-state index contributed by atoms with van der Waals surface area (Å²) in [5.41, 5.74) is 5.67. The van der Waals surface area contributed by atoms with Crippen molar-refractivity contribution >= 4 is 11.3 Å². The molecule has 1 aromatic rings. The minimum Gasteiger partial charge on any atom is -0.329 e. The Morgan fingerprint density at radius 2 is 2.38 bits per heavy atom. The number of rotatable bonds is 5. The van der Waals surface area contributed by atoms with Crippen molar-refractivity contribution in [3.05, 3.63) is 22.4 Å². The molecular weight excluding hydrogens is 180 g/mol. The van der Waals surface area contributed by atoms with Gasteiger partial charge in [-0.25, -0.2) is 0 Å². The Labute approximate surface area is 84.4 Å². The number of nitrogens with two attached hydrogens (primary N) is 1. The van der Waals surface area contributed by atoms with Crippen LogP contribution < -0.4 is 5.73 Å². The minimum absolute atomic E-state index is 0.516. The maximum Gasteiger partial charge on any atom is 0.0328 e. The molecule has 1 unspecified atom stereocenters. The Morgan fingerprint density at radius 3 is 2.85 bits per heavy atom. The highest BCUT2D eigenvalue weighted by Crippen LogP contribution is 2.13. The summed E-state index contributed by atoms with van der Waals surface area (Å²) in [6.45, 7) is 3.95. The van der Waals surface area contributed by atoms with Gasteiger partial charge in [-0.1, -0.05) is 13.0 Å². The van der Waals surface area contributed by atoms with E-state index in [1.165, 1.54) is 4.88 Å². The van der Waals surface area contributed by atoms with Crippen molar-refractivity contribution in [1.29, 1.82) is 0 Å². The van der Waals surface area contributed by atoms with Crippen LogP contribution in [-0.4, -0.2) is 24.5 Å². The largest absolute Gasteiger partial charge is 0.329 e. The molecule has 1 heterocycles. The fourth-order valence-electron chi connectivity index (χ4n) is 1.44. The number of nitrogens with zero attached hydrogens (tertiary/aromatic N) is 1. The van der Waals surface area contributed by atoms with Crippen molar-refractivity contribution < 1.29 is 0 Å². The van der Waals surface area contributed by atoms with Gasteiger partial charge in [-0.2, -0.15) is 0 Å². The molecule has 0 fully saturated rings. The number of hydrogen-bond acceptors (Lipinski definition) is 3. The highest BCUT2D eigenvalue weighted by Gasteiger charge is 2.10. The van der Waals surface area contributed by atoms with Gasteiger partial charge in [-0.15, -0.1) is 11.3 Å². The molecule has 1 atom stereocenters. The first-order valence-corrected chi connectivity index (χ1v) is 5.58. The van der Waals surface area contributed by atoms with E-state index in [4.69, 9.17) is 5.73 Å². The summed E-state index contributed by atoms with van der Waals surface area (Å²) in [5, 5.41) is 2.12. The van der Waals surface area contributed by atoms with E-state index in [1.54, 1.807) is 0 Å². The molecular formula is C10H18N2S. The SMILES string of the molecule is CCC(CN)N(C)Cc1cccs1. The van der Waals surface area contributed by atoms with Crippen LogP contribution in [0.5, 0.6) is 0 Å². The van der Waals surface area contributed by atoms with E-state index in [-0.39, 0.29) is 0 Å². The first-order valence-electron chi connectivity index (χ1n) is 4.70. The Balaban J connectivity index is 2.44. The molecule has 0 saturated heterocycles. The van der Waals surface area contributed by atoms with Crippen LogP contribution in [0.4, 0.5) is 0 Å². The van der Waals surface area contributed by atoms with Crippen LogP contribution in [0, 0.1) is 0 Å². The van der Waals surface area contributed by atoms with Gasteiger partial charge in [0.1, 0.15) is 0 Å². The summed E-state index contributed by atoms with van der Waals surface area (Å²) in [4.78, 5) is 3.74. The van der Waals surface area contributed by atoms with Crippen LogP contribution in [0.3, 0.4) is 0 Å². The average Bonchev–Trinajstić information content (AvgIpc) is 2.59. The van der Waals surface area contributed by atoms with Gasteiger partial charge in [0.25, 0.3) is 0 Å². The van der Waals surface area contributed by atoms with E-state index in [9.17, 15) is 0 Å². The van der Waals surface area contributed by atoms with Crippen molar-refractivity contribution in [3.8, 4) is 0 Å². The van der Waals surface area contributed by atoms with Gasteiger partial charge in [0.05, 0.1) is 0 Å². The monoisotopic (exact) mass is 198 g/mol. The van der Waals surface area contributed by atoms with Crippen LogP contribution in [0.1, 0.15) is 18.2 Å². The van der Waals surface area contributed by atoms with Crippen LogP contribution in [0.25, 0.3) is 0 Å². The zero-order valence-electron chi connectivity index (χ0n) is 8.36. The number of thiophene rings is 1. The highest BCUT2D eigenvalue weighted by atomic mass is 32.1. The van der Waals surface area contributed by atoms with E-state index >= 15 is 0 Å². The molecule has 0 spiro atoms. The Kier molecular flexibility index (Phi) is 4.42. The average molecular weight is 198 g/mol. The van der Waals surface area contributed by atoms with Crippen molar-refractivity contribution in [3.63, 3.8) is 0 Å². The second-order valence-electron chi connectivity index (χ2n) is 3.29. The van der Waals surface area contributed by atoms with E-state index in [2.05, 4.69) is 36.4 Å². The second kappa shape index (κ2) is 5.37. The maximum absolute atomic E-state index is 5.67. The molecule has 0 radical (unpaired) electrons. The molecule has 0 aliphatic rings. The molecule has 2 nitrogen and oxygen atoms in total. The first kappa shape index (κ1) is 10.7. The van der Waals surface area contributed by atoms with E-state index in [1.807, 2.05) is 11.3 Å². The minimum atomic E-state index is 0.516. The third kappa shape index (κ3) is 3.10. The van der Waals surface area contributed by atoms with Gasteiger partial charge >= 0.3 is 0 Å². The summed E-state index contributed by atoms with van der Waals surface area (Å²) in [6, 6.07) is 4.78. The van der Waals surface area contributed by atoms with Crippen molar-refractivity contribution in [1.82, 2.24) is 4.90 Å². The molecule has 3 heteroatoms. The lowest BCUT2D eigenvalue weighted by atomic mass is 10.2. The molecule has 13 heavy (non-hydrogen) atoms. The van der Waals surface area contributed by atoms with Gasteiger partial charge < -0.3 is 5.73 Å². The molecule has 0 saturated carbocycles. The zero-order valence-corrected chi connectivity index (χ0v) is 9.18. The first-order chi connectivity index (χ1) is 6.27. The van der Waals surface area contributed by atoms with Gasteiger partial charge in [0, 0.05) is 24.0 Å². The summed E-state index contributed by atoms with van der Waals surface area (Å²) >= 11 is 1.81. The standard InChI is InChI=1S/C10H18N2S/c1-3-9(7-11)12(2)8-10-5-4-6-13-10/h4-6,9H,3,7-8,11H2,1-2H3. The molecule has 74 valence electrons. The summed E-state index contributed by atoms with van der Waals surface area (Å²) < 4.78 is 0. The summed E-state index contributed by atoms with van der Waals surface area (Å²) in [6.07, 6.45) is 1.12. The fourth-order valence-corrected chi connectivity index (χ4v) is 2.20. The molecule has 0 aromatic carbocycles. The maximum atomic E-state index is 5.67. The lowest BCUT2D eigenvalue weighted by Gasteiger charge is -2.25. The van der Waals surface area contributed by atoms with E-state index in [0.717, 1.165) is 19.5 Å². The summed E-state index contributed by atoms with van der Waals surface area (Å²) in [7, 11) is 2.14. The summed E-state index contributed by atoms with van der Waals surface area (Å²) in [5.74, 6) is 0. The predicted octanol–water partition coefficient (Wildman–Crippen LogP) is 1.92. The van der Waals surface area contributed by atoms with E-state index in [0.29, 0.717) is 6.04 Å². The second-order valence-corrected chi connectivity index (χ2v) is 4.32. The molecule has 0 bridgehead atoms.